The average Bonchev–Trinajstić information content (AvgIpc) is 2.97. The summed E-state index contributed by atoms with van der Waals surface area (Å²) in [5, 5.41) is 0. The number of nitrogens with zero attached hydrogens (tertiary/aromatic N) is 4. The van der Waals surface area contributed by atoms with Crippen LogP contribution in [0.15, 0.2) is 30.6 Å². The van der Waals surface area contributed by atoms with Crippen molar-refractivity contribution in [2.24, 2.45) is 7.05 Å². The third-order valence-electron chi connectivity index (χ3n) is 4.16. The van der Waals surface area contributed by atoms with E-state index in [1.54, 1.807) is 36.3 Å². The van der Waals surface area contributed by atoms with Crippen LogP contribution in [-0.2, 0) is 13.2 Å². The number of pyridine rings is 1. The molecule has 0 aromatic carbocycles. The van der Waals surface area contributed by atoms with Crippen molar-refractivity contribution >= 4 is 5.91 Å². The minimum Gasteiger partial charge on any atom is -0.337 e. The van der Waals surface area contributed by atoms with Crippen molar-refractivity contribution in [3.63, 3.8) is 0 Å². The van der Waals surface area contributed by atoms with Gasteiger partial charge in [0.15, 0.2) is 5.69 Å². The fourth-order valence-electron chi connectivity index (χ4n) is 3.02. The van der Waals surface area contributed by atoms with E-state index < -0.39 is 11.9 Å². The second kappa shape index (κ2) is 6.26. The second-order valence-corrected chi connectivity index (χ2v) is 5.90. The summed E-state index contributed by atoms with van der Waals surface area (Å²) in [5.41, 5.74) is -0.554. The fourth-order valence-corrected chi connectivity index (χ4v) is 3.02. The molecule has 1 aliphatic heterocycles. The van der Waals surface area contributed by atoms with Crippen molar-refractivity contribution in [2.45, 2.75) is 24.9 Å². The van der Waals surface area contributed by atoms with E-state index in [4.69, 9.17) is 0 Å². The van der Waals surface area contributed by atoms with Gasteiger partial charge in [0.1, 0.15) is 11.5 Å². The van der Waals surface area contributed by atoms with Gasteiger partial charge in [0.25, 0.3) is 5.91 Å². The summed E-state index contributed by atoms with van der Waals surface area (Å²) in [5.74, 6) is -0.0566. The molecule has 0 saturated carbocycles. The Morgan fingerprint density at radius 1 is 1.33 bits per heavy atom. The summed E-state index contributed by atoms with van der Waals surface area (Å²) in [7, 11) is 1.55. The van der Waals surface area contributed by atoms with Gasteiger partial charge >= 0.3 is 6.18 Å². The first-order chi connectivity index (χ1) is 11.4. The monoisotopic (exact) mass is 338 g/mol. The first-order valence-corrected chi connectivity index (χ1v) is 7.67. The number of rotatable bonds is 2. The van der Waals surface area contributed by atoms with Crippen LogP contribution in [0.5, 0.6) is 0 Å². The van der Waals surface area contributed by atoms with E-state index in [0.717, 1.165) is 12.6 Å². The molecule has 3 heterocycles. The highest BCUT2D eigenvalue weighted by atomic mass is 19.4. The second-order valence-electron chi connectivity index (χ2n) is 5.90. The summed E-state index contributed by atoms with van der Waals surface area (Å²) in [6.45, 7) is 0.917. The molecule has 1 fully saturated rings. The van der Waals surface area contributed by atoms with Crippen molar-refractivity contribution in [2.75, 3.05) is 13.1 Å². The normalized spacial score (nSPS) is 18.7. The standard InChI is InChI=1S/C16H17F3N4O/c1-22-10-13(16(17,18)19)21-14(22)11-5-4-8-23(9-11)15(24)12-6-2-3-7-20-12/h2-3,6-7,10-11H,4-5,8-9H2,1H3/t11-/m0/s1. The van der Waals surface area contributed by atoms with Crippen LogP contribution in [0.1, 0.15) is 40.8 Å². The van der Waals surface area contributed by atoms with Crippen molar-refractivity contribution in [1.29, 1.82) is 0 Å². The van der Waals surface area contributed by atoms with Gasteiger partial charge in [0, 0.05) is 38.4 Å². The number of hydrogen-bond acceptors (Lipinski definition) is 3. The van der Waals surface area contributed by atoms with E-state index in [1.165, 1.54) is 4.57 Å². The number of imidazole rings is 1. The summed E-state index contributed by atoms with van der Waals surface area (Å²) in [6.07, 6.45) is -0.502. The largest absolute Gasteiger partial charge is 0.434 e. The van der Waals surface area contributed by atoms with Gasteiger partial charge in [-0.3, -0.25) is 9.78 Å². The van der Waals surface area contributed by atoms with Crippen molar-refractivity contribution in [3.05, 3.63) is 47.8 Å². The zero-order valence-electron chi connectivity index (χ0n) is 13.1. The Kier molecular flexibility index (Phi) is 4.29. The fraction of sp³-hybridized carbons (Fsp3) is 0.438. The van der Waals surface area contributed by atoms with Crippen LogP contribution in [0.3, 0.4) is 0 Å². The summed E-state index contributed by atoms with van der Waals surface area (Å²) in [6, 6.07) is 5.09. The Hall–Kier alpha value is -2.38. The lowest BCUT2D eigenvalue weighted by molar-refractivity contribution is -0.141. The molecule has 0 spiro atoms. The lowest BCUT2D eigenvalue weighted by atomic mass is 9.97. The lowest BCUT2D eigenvalue weighted by Crippen LogP contribution is -2.40. The highest BCUT2D eigenvalue weighted by molar-refractivity contribution is 5.92. The smallest absolute Gasteiger partial charge is 0.337 e. The molecule has 0 bridgehead atoms. The molecule has 1 amide bonds. The molecular formula is C16H17F3N4O. The Morgan fingerprint density at radius 3 is 2.75 bits per heavy atom. The van der Waals surface area contributed by atoms with Crippen LogP contribution in [0.4, 0.5) is 13.2 Å². The van der Waals surface area contributed by atoms with Gasteiger partial charge in [-0.25, -0.2) is 4.98 Å². The number of piperidine rings is 1. The summed E-state index contributed by atoms with van der Waals surface area (Å²) < 4.78 is 39.9. The number of amides is 1. The minimum absolute atomic E-state index is 0.203. The number of hydrogen-bond donors (Lipinski definition) is 0. The van der Waals surface area contributed by atoms with E-state index in [1.807, 2.05) is 0 Å². The molecule has 0 aliphatic carbocycles. The number of aryl methyl sites for hydroxylation is 1. The zero-order chi connectivity index (χ0) is 17.3. The van der Waals surface area contributed by atoms with E-state index in [0.29, 0.717) is 31.0 Å². The van der Waals surface area contributed by atoms with Crippen LogP contribution in [0, 0.1) is 0 Å². The van der Waals surface area contributed by atoms with Gasteiger partial charge in [-0.15, -0.1) is 0 Å². The van der Waals surface area contributed by atoms with E-state index in [-0.39, 0.29) is 11.8 Å². The molecule has 1 atom stereocenters. The third kappa shape index (κ3) is 3.27. The predicted octanol–water partition coefficient (Wildman–Crippen LogP) is 2.85. The van der Waals surface area contributed by atoms with Crippen LogP contribution in [0.2, 0.25) is 0 Å². The number of aromatic nitrogens is 3. The van der Waals surface area contributed by atoms with E-state index in [2.05, 4.69) is 9.97 Å². The van der Waals surface area contributed by atoms with Crippen LogP contribution in [0.25, 0.3) is 0 Å². The topological polar surface area (TPSA) is 51.0 Å². The number of halogens is 3. The van der Waals surface area contributed by atoms with Crippen molar-refractivity contribution in [1.82, 2.24) is 19.4 Å². The van der Waals surface area contributed by atoms with Crippen LogP contribution < -0.4 is 0 Å². The van der Waals surface area contributed by atoms with Crippen LogP contribution >= 0.6 is 0 Å². The molecule has 1 saturated heterocycles. The molecule has 0 N–H and O–H groups in total. The van der Waals surface area contributed by atoms with E-state index >= 15 is 0 Å². The molecule has 24 heavy (non-hydrogen) atoms. The molecular weight excluding hydrogens is 321 g/mol. The van der Waals surface area contributed by atoms with Gasteiger partial charge in [0.2, 0.25) is 0 Å². The maximum atomic E-state index is 12.8. The predicted molar refractivity (Wildman–Crippen MR) is 80.3 cm³/mol. The molecule has 5 nitrogen and oxygen atoms in total. The molecule has 2 aromatic heterocycles. The number of likely N-dealkylation sites (tertiary alicyclic amines) is 1. The Bertz CT molecular complexity index is 727. The van der Waals surface area contributed by atoms with Gasteiger partial charge in [-0.05, 0) is 25.0 Å². The van der Waals surface area contributed by atoms with Gasteiger partial charge < -0.3 is 9.47 Å². The maximum absolute atomic E-state index is 12.8. The molecule has 2 aromatic rings. The SMILES string of the molecule is Cn1cc(C(F)(F)F)nc1[C@H]1CCCN(C(=O)c2ccccn2)C1. The summed E-state index contributed by atoms with van der Waals surface area (Å²) in [4.78, 5) is 21.9. The lowest BCUT2D eigenvalue weighted by Gasteiger charge is -2.32. The Labute approximate surface area is 137 Å². The first kappa shape index (κ1) is 16.5. The Balaban J connectivity index is 1.79. The third-order valence-corrected chi connectivity index (χ3v) is 4.16. The maximum Gasteiger partial charge on any atom is 0.434 e. The van der Waals surface area contributed by atoms with Gasteiger partial charge in [0.05, 0.1) is 0 Å². The minimum atomic E-state index is -4.46. The number of carbonyl (C=O) groups excluding carboxylic acids is 1. The zero-order valence-corrected chi connectivity index (χ0v) is 13.1. The quantitative estimate of drug-likeness (QED) is 0.846. The van der Waals surface area contributed by atoms with Crippen molar-refractivity contribution in [3.8, 4) is 0 Å². The first-order valence-electron chi connectivity index (χ1n) is 7.67. The summed E-state index contributed by atoms with van der Waals surface area (Å²) >= 11 is 0. The van der Waals surface area contributed by atoms with Crippen LogP contribution in [-0.4, -0.2) is 38.4 Å². The molecule has 0 unspecified atom stereocenters. The molecule has 3 rings (SSSR count). The number of alkyl halides is 3. The molecule has 1 aliphatic rings. The highest BCUT2D eigenvalue weighted by Gasteiger charge is 2.36. The molecule has 0 radical (unpaired) electrons. The molecule has 128 valence electrons. The molecule has 8 heteroatoms. The highest BCUT2D eigenvalue weighted by Crippen LogP contribution is 2.32. The Morgan fingerprint density at radius 2 is 2.12 bits per heavy atom. The van der Waals surface area contributed by atoms with E-state index in [9.17, 15) is 18.0 Å². The number of carbonyl (C=O) groups is 1. The van der Waals surface area contributed by atoms with Gasteiger partial charge in [-0.2, -0.15) is 13.2 Å². The van der Waals surface area contributed by atoms with Gasteiger partial charge in [-0.1, -0.05) is 6.07 Å². The average molecular weight is 338 g/mol. The van der Waals surface area contributed by atoms with Crippen molar-refractivity contribution < 1.29 is 18.0 Å².